The molecule has 4 heteroatoms. The van der Waals surface area contributed by atoms with Crippen molar-refractivity contribution in [1.29, 1.82) is 5.26 Å². The summed E-state index contributed by atoms with van der Waals surface area (Å²) in [6.45, 7) is 8.21. The molecule has 0 atom stereocenters. The van der Waals surface area contributed by atoms with Gasteiger partial charge in [0, 0.05) is 10.9 Å². The summed E-state index contributed by atoms with van der Waals surface area (Å²) in [5, 5.41) is 12.2. The van der Waals surface area contributed by atoms with Crippen LogP contribution >= 0.6 is 11.3 Å². The largest absolute Gasteiger partial charge is 0.462 e. The molecule has 0 fully saturated rings. The second kappa shape index (κ2) is 7.55. The van der Waals surface area contributed by atoms with Gasteiger partial charge < -0.3 is 4.42 Å². The summed E-state index contributed by atoms with van der Waals surface area (Å²) in [6.07, 6.45) is 5.43. The molecule has 0 saturated heterocycles. The molecule has 3 rings (SSSR count). The minimum atomic E-state index is 0.544. The van der Waals surface area contributed by atoms with E-state index < -0.39 is 0 Å². The number of allylic oxidation sites excluding steroid dienone is 3. The quantitative estimate of drug-likeness (QED) is 0.408. The van der Waals surface area contributed by atoms with Crippen molar-refractivity contribution >= 4 is 23.0 Å². The molecule has 2 heterocycles. The second-order valence-electron chi connectivity index (χ2n) is 6.29. The van der Waals surface area contributed by atoms with Crippen LogP contribution < -0.4 is 0 Å². The van der Waals surface area contributed by atoms with Gasteiger partial charge in [0.05, 0.1) is 11.3 Å². The van der Waals surface area contributed by atoms with Gasteiger partial charge in [0.2, 0.25) is 0 Å². The third-order valence-corrected chi connectivity index (χ3v) is 5.13. The Balaban J connectivity index is 1.88. The highest BCUT2D eigenvalue weighted by Crippen LogP contribution is 2.30. The summed E-state index contributed by atoms with van der Waals surface area (Å²) in [7, 11) is 0. The van der Waals surface area contributed by atoms with Crippen LogP contribution in [-0.2, 0) is 0 Å². The Bertz CT molecular complexity index is 1040. The topological polar surface area (TPSA) is 49.8 Å². The number of nitriles is 1. The normalized spacial score (nSPS) is 11.9. The van der Waals surface area contributed by atoms with Crippen LogP contribution in [0.25, 0.3) is 22.9 Å². The summed E-state index contributed by atoms with van der Waals surface area (Å²) in [5.74, 6) is 1.63. The zero-order valence-corrected chi connectivity index (χ0v) is 16.1. The Kier molecular flexibility index (Phi) is 5.20. The van der Waals surface area contributed by atoms with Gasteiger partial charge >= 0.3 is 0 Å². The van der Waals surface area contributed by atoms with Gasteiger partial charge in [-0.05, 0) is 74.7 Å². The average Bonchev–Trinajstić information content (AvgIpc) is 3.24. The maximum Gasteiger partial charge on any atom is 0.134 e. The van der Waals surface area contributed by atoms with Gasteiger partial charge in [-0.25, -0.2) is 4.98 Å². The van der Waals surface area contributed by atoms with E-state index in [-0.39, 0.29) is 0 Å². The molecule has 0 unspecified atom stereocenters. The van der Waals surface area contributed by atoms with Gasteiger partial charge in [-0.15, -0.1) is 11.3 Å². The third-order valence-electron chi connectivity index (χ3n) is 4.26. The first-order valence-electron chi connectivity index (χ1n) is 8.37. The fourth-order valence-electron chi connectivity index (χ4n) is 2.70. The van der Waals surface area contributed by atoms with E-state index in [4.69, 9.17) is 4.42 Å². The lowest BCUT2D eigenvalue weighted by Gasteiger charge is -2.07. The number of thiazole rings is 1. The lowest BCUT2D eigenvalue weighted by atomic mass is 9.99. The van der Waals surface area contributed by atoms with Crippen molar-refractivity contribution in [2.75, 3.05) is 0 Å². The standard InChI is InChI=1S/C22H20N2OS/c1-14-10-16(3)20(11-15(14)2)21-13-26-22(24-21)18(12-23)6-5-7-19-9-8-17(4)25-19/h5-11,13H,1-4H3/b7-5+,18-6+. The van der Waals surface area contributed by atoms with Gasteiger partial charge in [-0.1, -0.05) is 12.1 Å². The zero-order chi connectivity index (χ0) is 18.7. The summed E-state index contributed by atoms with van der Waals surface area (Å²) >= 11 is 1.49. The predicted octanol–water partition coefficient (Wildman–Crippen LogP) is 6.26. The van der Waals surface area contributed by atoms with Crippen LogP contribution in [0.5, 0.6) is 0 Å². The summed E-state index contributed by atoms with van der Waals surface area (Å²) in [4.78, 5) is 4.68. The first kappa shape index (κ1) is 17.9. The molecule has 2 aromatic heterocycles. The smallest absolute Gasteiger partial charge is 0.134 e. The van der Waals surface area contributed by atoms with Crippen molar-refractivity contribution in [3.63, 3.8) is 0 Å². The maximum atomic E-state index is 9.49. The number of hydrogen-bond acceptors (Lipinski definition) is 4. The van der Waals surface area contributed by atoms with Crippen LogP contribution in [0.3, 0.4) is 0 Å². The van der Waals surface area contributed by atoms with Gasteiger partial charge in [0.1, 0.15) is 22.6 Å². The van der Waals surface area contributed by atoms with Crippen molar-refractivity contribution < 1.29 is 4.42 Å². The Morgan fingerprint density at radius 2 is 1.88 bits per heavy atom. The lowest BCUT2D eigenvalue weighted by Crippen LogP contribution is -1.89. The number of aromatic nitrogens is 1. The molecule has 26 heavy (non-hydrogen) atoms. The highest BCUT2D eigenvalue weighted by Gasteiger charge is 2.11. The van der Waals surface area contributed by atoms with E-state index >= 15 is 0 Å². The molecule has 0 bridgehead atoms. The van der Waals surface area contributed by atoms with E-state index in [0.717, 1.165) is 27.8 Å². The third kappa shape index (κ3) is 3.84. The first-order chi connectivity index (χ1) is 12.5. The van der Waals surface area contributed by atoms with Crippen molar-refractivity contribution in [2.24, 2.45) is 0 Å². The molecule has 0 radical (unpaired) electrons. The zero-order valence-electron chi connectivity index (χ0n) is 15.3. The number of rotatable bonds is 4. The Morgan fingerprint density at radius 1 is 1.12 bits per heavy atom. The molecule has 0 aliphatic carbocycles. The monoisotopic (exact) mass is 360 g/mol. The molecular formula is C22H20N2OS. The van der Waals surface area contributed by atoms with Crippen LogP contribution in [0.2, 0.25) is 0 Å². The van der Waals surface area contributed by atoms with E-state index in [2.05, 4.69) is 44.0 Å². The molecule has 0 saturated carbocycles. The molecule has 0 spiro atoms. The SMILES string of the molecule is Cc1ccc(/C=C/C=C(\C#N)c2nc(-c3cc(C)c(C)cc3C)cs2)o1. The molecule has 3 nitrogen and oxygen atoms in total. The fourth-order valence-corrected chi connectivity index (χ4v) is 3.49. The van der Waals surface area contributed by atoms with Crippen LogP contribution in [0.15, 0.2) is 46.2 Å². The number of hydrogen-bond donors (Lipinski definition) is 0. The first-order valence-corrected chi connectivity index (χ1v) is 9.25. The summed E-state index contributed by atoms with van der Waals surface area (Å²) < 4.78 is 5.49. The maximum absolute atomic E-state index is 9.49. The van der Waals surface area contributed by atoms with Crippen molar-refractivity contribution in [3.05, 3.63) is 75.0 Å². The van der Waals surface area contributed by atoms with E-state index in [0.29, 0.717) is 5.57 Å². The van der Waals surface area contributed by atoms with Gasteiger partial charge in [-0.3, -0.25) is 0 Å². The molecule has 0 aliphatic rings. The number of aryl methyl sites for hydroxylation is 4. The molecule has 0 N–H and O–H groups in total. The lowest BCUT2D eigenvalue weighted by molar-refractivity contribution is 0.525. The highest BCUT2D eigenvalue weighted by atomic mass is 32.1. The molecule has 0 aliphatic heterocycles. The molecule has 130 valence electrons. The summed E-state index contributed by atoms with van der Waals surface area (Å²) in [5.41, 5.74) is 6.29. The van der Waals surface area contributed by atoms with Crippen molar-refractivity contribution in [3.8, 4) is 17.3 Å². The number of benzene rings is 1. The van der Waals surface area contributed by atoms with E-state index in [1.807, 2.05) is 36.6 Å². The predicted molar refractivity (Wildman–Crippen MR) is 108 cm³/mol. The van der Waals surface area contributed by atoms with Gasteiger partial charge in [-0.2, -0.15) is 5.26 Å². The van der Waals surface area contributed by atoms with Gasteiger partial charge in [0.15, 0.2) is 0 Å². The Morgan fingerprint density at radius 3 is 2.58 bits per heavy atom. The van der Waals surface area contributed by atoms with E-state index in [1.54, 1.807) is 6.08 Å². The summed E-state index contributed by atoms with van der Waals surface area (Å²) in [6, 6.07) is 10.4. The minimum absolute atomic E-state index is 0.544. The van der Waals surface area contributed by atoms with Crippen molar-refractivity contribution in [1.82, 2.24) is 4.98 Å². The second-order valence-corrected chi connectivity index (χ2v) is 7.15. The van der Waals surface area contributed by atoms with Crippen LogP contribution in [-0.4, -0.2) is 4.98 Å². The van der Waals surface area contributed by atoms with Crippen LogP contribution in [0.1, 0.15) is 33.2 Å². The van der Waals surface area contributed by atoms with Crippen molar-refractivity contribution in [2.45, 2.75) is 27.7 Å². The van der Waals surface area contributed by atoms with Gasteiger partial charge in [0.25, 0.3) is 0 Å². The highest BCUT2D eigenvalue weighted by molar-refractivity contribution is 7.11. The molecule has 1 aromatic carbocycles. The molecule has 3 aromatic rings. The van der Waals surface area contributed by atoms with E-state index in [9.17, 15) is 5.26 Å². The van der Waals surface area contributed by atoms with E-state index in [1.165, 1.54) is 28.0 Å². The molecular weight excluding hydrogens is 340 g/mol. The number of furan rings is 1. The molecule has 0 amide bonds. The average molecular weight is 360 g/mol. The fraction of sp³-hybridized carbons (Fsp3) is 0.182. The number of nitrogens with zero attached hydrogens (tertiary/aromatic N) is 2. The Labute approximate surface area is 157 Å². The minimum Gasteiger partial charge on any atom is -0.462 e. The van der Waals surface area contributed by atoms with Crippen LogP contribution in [0, 0.1) is 39.0 Å². The van der Waals surface area contributed by atoms with Crippen LogP contribution in [0.4, 0.5) is 0 Å². The Hall–Kier alpha value is -2.90.